The van der Waals surface area contributed by atoms with Crippen molar-refractivity contribution >= 4 is 38.0 Å². The van der Waals surface area contributed by atoms with Crippen LogP contribution in [0.1, 0.15) is 26.7 Å². The van der Waals surface area contributed by atoms with Crippen molar-refractivity contribution in [2.45, 2.75) is 37.6 Å². The molecule has 0 unspecified atom stereocenters. The number of nitro benzene ring substituents is 1. The molecule has 174 valence electrons. The average Bonchev–Trinajstić information content (AvgIpc) is 3.03. The van der Waals surface area contributed by atoms with Crippen molar-refractivity contribution in [1.29, 1.82) is 0 Å². The van der Waals surface area contributed by atoms with Crippen molar-refractivity contribution in [1.82, 2.24) is 8.87 Å². The van der Waals surface area contributed by atoms with Crippen LogP contribution in [0.3, 0.4) is 0 Å². The van der Waals surface area contributed by atoms with Gasteiger partial charge in [0.05, 0.1) is 10.4 Å². The number of piperidine rings is 1. The van der Waals surface area contributed by atoms with E-state index in [1.165, 1.54) is 16.4 Å². The molecule has 2 atom stereocenters. The smallest absolute Gasteiger partial charge is 0.270 e. The summed E-state index contributed by atoms with van der Waals surface area (Å²) in [7, 11) is -2.40. The molecule has 2 heterocycles. The van der Waals surface area contributed by atoms with Crippen LogP contribution in [-0.2, 0) is 17.1 Å². The number of benzene rings is 2. The molecular formula is C22H25N5O5S. The van der Waals surface area contributed by atoms with Crippen LogP contribution >= 0.6 is 0 Å². The van der Waals surface area contributed by atoms with Crippen LogP contribution < -0.4 is 0 Å². The lowest BCUT2D eigenvalue weighted by Crippen LogP contribution is -2.45. The summed E-state index contributed by atoms with van der Waals surface area (Å²) in [5.74, 6) is 0.0367. The number of hydrogen-bond acceptors (Lipinski definition) is 7. The quantitative estimate of drug-likeness (QED) is 0.317. The number of aromatic nitrogens is 1. The zero-order chi connectivity index (χ0) is 23.9. The first-order chi connectivity index (χ1) is 15.6. The highest BCUT2D eigenvalue weighted by Crippen LogP contribution is 2.40. The van der Waals surface area contributed by atoms with E-state index in [1.54, 1.807) is 23.7 Å². The summed E-state index contributed by atoms with van der Waals surface area (Å²) in [5.41, 5.74) is 0.544. The van der Waals surface area contributed by atoms with Crippen molar-refractivity contribution in [2.75, 3.05) is 6.54 Å². The Morgan fingerprint density at radius 3 is 2.61 bits per heavy atom. The summed E-state index contributed by atoms with van der Waals surface area (Å²) in [4.78, 5) is 10.4. The Morgan fingerprint density at radius 2 is 1.88 bits per heavy atom. The highest BCUT2D eigenvalue weighted by molar-refractivity contribution is 7.89. The third-order valence-corrected chi connectivity index (χ3v) is 8.38. The minimum atomic E-state index is -4.08. The van der Waals surface area contributed by atoms with Gasteiger partial charge in [-0.2, -0.15) is 4.31 Å². The standard InChI is InChI=1S/C22H25N5O5S/c1-14-7-6-12-26(15(14)2)33(31,32)20-13-16(27(29)30)10-11-18(20)23-24-21-17-8-4-5-9-19(17)25(3)22(21)28/h4-5,8-11,13-15,28H,6-7,12H2,1-3H3/t14-,15-/m0/s1. The first-order valence-corrected chi connectivity index (χ1v) is 12.1. The Balaban J connectivity index is 1.84. The third kappa shape index (κ3) is 3.98. The SMILES string of the molecule is C[C@H]1CCCN(S(=O)(=O)c2cc([N+](=O)[O-])ccc2N=Nc2c(O)n(C)c3ccccc23)[C@H]1C. The van der Waals surface area contributed by atoms with E-state index in [-0.39, 0.29) is 39.8 Å². The Kier molecular flexibility index (Phi) is 5.93. The van der Waals surface area contributed by atoms with Crippen LogP contribution in [-0.4, -0.2) is 39.9 Å². The molecule has 0 amide bonds. The lowest BCUT2D eigenvalue weighted by Gasteiger charge is -2.36. The van der Waals surface area contributed by atoms with Gasteiger partial charge in [0.1, 0.15) is 10.6 Å². The number of aromatic hydroxyl groups is 1. The molecule has 4 rings (SSSR count). The van der Waals surface area contributed by atoms with Gasteiger partial charge in [0.15, 0.2) is 5.69 Å². The lowest BCUT2D eigenvalue weighted by molar-refractivity contribution is -0.385. The van der Waals surface area contributed by atoms with Crippen LogP contribution in [0.15, 0.2) is 57.6 Å². The number of nitro groups is 1. The predicted molar refractivity (Wildman–Crippen MR) is 124 cm³/mol. The molecule has 0 radical (unpaired) electrons. The van der Waals surface area contributed by atoms with Crippen LogP contribution in [0.4, 0.5) is 17.1 Å². The number of para-hydroxylation sites is 1. The number of sulfonamides is 1. The molecule has 10 nitrogen and oxygen atoms in total. The van der Waals surface area contributed by atoms with E-state index in [4.69, 9.17) is 0 Å². The van der Waals surface area contributed by atoms with Crippen LogP contribution in [0.5, 0.6) is 5.88 Å². The number of aryl methyl sites for hydroxylation is 1. The second kappa shape index (κ2) is 8.56. The van der Waals surface area contributed by atoms with Gasteiger partial charge in [-0.3, -0.25) is 10.1 Å². The van der Waals surface area contributed by atoms with E-state index >= 15 is 0 Å². The monoisotopic (exact) mass is 471 g/mol. The third-order valence-electron chi connectivity index (χ3n) is 6.36. The van der Waals surface area contributed by atoms with Gasteiger partial charge in [0.2, 0.25) is 15.9 Å². The summed E-state index contributed by atoms with van der Waals surface area (Å²) in [6.45, 7) is 4.16. The number of non-ortho nitro benzene ring substituents is 1. The number of rotatable bonds is 5. The van der Waals surface area contributed by atoms with E-state index < -0.39 is 14.9 Å². The second-order valence-corrected chi connectivity index (χ2v) is 10.2. The number of azo groups is 1. The van der Waals surface area contributed by atoms with E-state index in [2.05, 4.69) is 10.2 Å². The fraction of sp³-hybridized carbons (Fsp3) is 0.364. The van der Waals surface area contributed by atoms with E-state index in [9.17, 15) is 23.6 Å². The first kappa shape index (κ1) is 22.9. The van der Waals surface area contributed by atoms with Crippen molar-refractivity contribution in [3.8, 4) is 5.88 Å². The van der Waals surface area contributed by atoms with Gasteiger partial charge < -0.3 is 9.67 Å². The second-order valence-electron chi connectivity index (χ2n) is 8.33. The van der Waals surface area contributed by atoms with Gasteiger partial charge in [-0.15, -0.1) is 10.2 Å². The molecule has 3 aromatic rings. The zero-order valence-electron chi connectivity index (χ0n) is 18.5. The van der Waals surface area contributed by atoms with Crippen molar-refractivity contribution in [2.24, 2.45) is 23.2 Å². The lowest BCUT2D eigenvalue weighted by atomic mass is 9.94. The van der Waals surface area contributed by atoms with E-state index in [0.717, 1.165) is 18.0 Å². The molecule has 0 aliphatic carbocycles. The summed E-state index contributed by atoms with van der Waals surface area (Å²) in [6, 6.07) is 10.4. The zero-order valence-corrected chi connectivity index (χ0v) is 19.4. The van der Waals surface area contributed by atoms with Gasteiger partial charge in [0, 0.05) is 37.2 Å². The topological polar surface area (TPSA) is 130 Å². The highest BCUT2D eigenvalue weighted by Gasteiger charge is 2.36. The molecule has 0 bridgehead atoms. The van der Waals surface area contributed by atoms with Gasteiger partial charge in [-0.1, -0.05) is 25.1 Å². The van der Waals surface area contributed by atoms with Crippen LogP contribution in [0.2, 0.25) is 0 Å². The van der Waals surface area contributed by atoms with E-state index in [1.807, 2.05) is 26.0 Å². The Morgan fingerprint density at radius 1 is 1.15 bits per heavy atom. The maximum absolute atomic E-state index is 13.6. The number of hydrogen-bond donors (Lipinski definition) is 1. The highest BCUT2D eigenvalue weighted by atomic mass is 32.2. The van der Waals surface area contributed by atoms with Gasteiger partial charge >= 0.3 is 0 Å². The molecule has 33 heavy (non-hydrogen) atoms. The van der Waals surface area contributed by atoms with Gasteiger partial charge in [-0.05, 0) is 37.8 Å². The fourth-order valence-electron chi connectivity index (χ4n) is 4.23. The Bertz CT molecular complexity index is 1360. The summed E-state index contributed by atoms with van der Waals surface area (Å²) >= 11 is 0. The minimum Gasteiger partial charge on any atom is -0.493 e. The largest absolute Gasteiger partial charge is 0.493 e. The molecule has 1 aromatic heterocycles. The maximum atomic E-state index is 13.6. The Labute approximate surface area is 191 Å². The average molecular weight is 472 g/mol. The first-order valence-electron chi connectivity index (χ1n) is 10.6. The summed E-state index contributed by atoms with van der Waals surface area (Å²) < 4.78 is 30.1. The van der Waals surface area contributed by atoms with Gasteiger partial charge in [-0.25, -0.2) is 8.42 Å². The van der Waals surface area contributed by atoms with Gasteiger partial charge in [0.25, 0.3) is 5.69 Å². The van der Waals surface area contributed by atoms with Crippen LogP contribution in [0.25, 0.3) is 10.9 Å². The van der Waals surface area contributed by atoms with E-state index in [0.29, 0.717) is 18.4 Å². The normalized spacial score (nSPS) is 20.0. The molecule has 1 aliphatic rings. The number of fused-ring (bicyclic) bond motifs is 1. The molecule has 11 heteroatoms. The van der Waals surface area contributed by atoms with Crippen molar-refractivity contribution < 1.29 is 18.4 Å². The summed E-state index contributed by atoms with van der Waals surface area (Å²) in [6.07, 6.45) is 1.62. The van der Waals surface area contributed by atoms with Crippen molar-refractivity contribution in [3.05, 3.63) is 52.6 Å². The van der Waals surface area contributed by atoms with Crippen molar-refractivity contribution in [3.63, 3.8) is 0 Å². The molecule has 1 saturated heterocycles. The maximum Gasteiger partial charge on any atom is 0.270 e. The summed E-state index contributed by atoms with van der Waals surface area (Å²) in [5, 5.41) is 30.8. The molecule has 0 saturated carbocycles. The fourth-order valence-corrected chi connectivity index (χ4v) is 6.14. The molecule has 1 N–H and O–H groups in total. The predicted octanol–water partition coefficient (Wildman–Crippen LogP) is 5.02. The Hall–Kier alpha value is -3.31. The molecule has 1 aliphatic heterocycles. The number of nitrogens with zero attached hydrogens (tertiary/aromatic N) is 5. The molecule has 1 fully saturated rings. The van der Waals surface area contributed by atoms with Crippen LogP contribution in [0, 0.1) is 16.0 Å². The molecular weight excluding hydrogens is 446 g/mol. The minimum absolute atomic E-state index is 0.0293. The molecule has 0 spiro atoms. The molecule has 2 aromatic carbocycles.